The van der Waals surface area contributed by atoms with Crippen LogP contribution in [-0.4, -0.2) is 0 Å². The van der Waals surface area contributed by atoms with Gasteiger partial charge in [-0.15, -0.1) is 0 Å². The van der Waals surface area contributed by atoms with Gasteiger partial charge in [0, 0.05) is 0 Å². The van der Waals surface area contributed by atoms with Gasteiger partial charge in [0.1, 0.15) is 0 Å². The zero-order valence-electron chi connectivity index (χ0n) is 11.8. The zero-order chi connectivity index (χ0) is 12.6. The average molecular weight is 235 g/mol. The standard InChI is InChI=1S/C17H31/c1-3-5-7-9-11-13-15-17-16-14-12-10-8-6-4-2/h8,10,13,15H,1,3-7,9,11-12,14,16-17H2,2H3. The molecule has 0 aromatic rings. The number of hydrogen-bond acceptors (Lipinski definition) is 0. The smallest absolute Gasteiger partial charge is 0.0351 e. The lowest BCUT2D eigenvalue weighted by atomic mass is 10.1. The van der Waals surface area contributed by atoms with Gasteiger partial charge in [-0.1, -0.05) is 63.8 Å². The Balaban J connectivity index is 3.08. The average Bonchev–Trinajstić information content (AvgIpc) is 2.35. The van der Waals surface area contributed by atoms with E-state index in [9.17, 15) is 0 Å². The first kappa shape index (κ1) is 16.5. The second-order valence-electron chi connectivity index (χ2n) is 4.72. The molecule has 0 saturated heterocycles. The molecule has 0 nitrogen and oxygen atoms in total. The molecule has 17 heavy (non-hydrogen) atoms. The summed E-state index contributed by atoms with van der Waals surface area (Å²) in [5, 5.41) is 0. The summed E-state index contributed by atoms with van der Waals surface area (Å²) in [6.07, 6.45) is 23.4. The number of rotatable bonds is 12. The van der Waals surface area contributed by atoms with Crippen LogP contribution in [0.5, 0.6) is 0 Å². The highest BCUT2D eigenvalue weighted by Gasteiger charge is 1.86. The molecule has 0 aromatic heterocycles. The van der Waals surface area contributed by atoms with Crippen LogP contribution in [0, 0.1) is 6.92 Å². The molecule has 0 aliphatic carbocycles. The van der Waals surface area contributed by atoms with Gasteiger partial charge in [0.05, 0.1) is 0 Å². The summed E-state index contributed by atoms with van der Waals surface area (Å²) < 4.78 is 0. The van der Waals surface area contributed by atoms with Gasteiger partial charge in [-0.2, -0.15) is 0 Å². The molecule has 0 atom stereocenters. The molecule has 0 aliphatic heterocycles. The molecule has 0 aliphatic rings. The fourth-order valence-corrected chi connectivity index (χ4v) is 1.78. The lowest BCUT2D eigenvalue weighted by Crippen LogP contribution is -1.75. The first-order valence-electron chi connectivity index (χ1n) is 7.51. The van der Waals surface area contributed by atoms with Crippen LogP contribution >= 0.6 is 0 Å². The van der Waals surface area contributed by atoms with Crippen LogP contribution in [0.4, 0.5) is 0 Å². The van der Waals surface area contributed by atoms with Crippen LogP contribution in [0.25, 0.3) is 0 Å². The highest BCUT2D eigenvalue weighted by Crippen LogP contribution is 2.05. The Morgan fingerprint density at radius 3 is 1.59 bits per heavy atom. The number of allylic oxidation sites excluding steroid dienone is 4. The van der Waals surface area contributed by atoms with E-state index in [4.69, 9.17) is 0 Å². The Morgan fingerprint density at radius 2 is 1.12 bits per heavy atom. The summed E-state index contributed by atoms with van der Waals surface area (Å²) >= 11 is 0. The minimum atomic E-state index is 1.09. The maximum Gasteiger partial charge on any atom is -0.0351 e. The summed E-state index contributed by atoms with van der Waals surface area (Å²) in [5.41, 5.74) is 0. The van der Waals surface area contributed by atoms with E-state index in [0.29, 0.717) is 0 Å². The SMILES string of the molecule is [CH2]CCCCCC=CCCCCC=CCCC. The number of hydrogen-bond donors (Lipinski definition) is 0. The van der Waals surface area contributed by atoms with Crippen molar-refractivity contribution in [2.24, 2.45) is 0 Å². The van der Waals surface area contributed by atoms with Gasteiger partial charge >= 0.3 is 0 Å². The molecule has 0 rings (SSSR count). The molecule has 1 radical (unpaired) electrons. The molecule has 99 valence electrons. The highest BCUT2D eigenvalue weighted by molar-refractivity contribution is 4.83. The Kier molecular flexibility index (Phi) is 15.0. The molecular formula is C17H31. The second-order valence-corrected chi connectivity index (χ2v) is 4.72. The van der Waals surface area contributed by atoms with E-state index >= 15 is 0 Å². The molecule has 0 spiro atoms. The highest BCUT2D eigenvalue weighted by atomic mass is 13.9. The molecule has 0 amide bonds. The van der Waals surface area contributed by atoms with Gasteiger partial charge in [0.2, 0.25) is 0 Å². The molecule has 0 N–H and O–H groups in total. The maximum atomic E-state index is 3.86. The first-order chi connectivity index (χ1) is 8.41. The Labute approximate surface area is 109 Å². The van der Waals surface area contributed by atoms with Gasteiger partial charge < -0.3 is 0 Å². The largest absolute Gasteiger partial charge is 0.0885 e. The zero-order valence-corrected chi connectivity index (χ0v) is 11.8. The third-order valence-electron chi connectivity index (χ3n) is 2.90. The molecule has 0 heteroatoms. The molecule has 0 aromatic carbocycles. The van der Waals surface area contributed by atoms with E-state index in [1.807, 2.05) is 0 Å². The van der Waals surface area contributed by atoms with Crippen molar-refractivity contribution in [2.75, 3.05) is 0 Å². The molecule has 0 unspecified atom stereocenters. The summed E-state index contributed by atoms with van der Waals surface area (Å²) in [7, 11) is 0. The van der Waals surface area contributed by atoms with Gasteiger partial charge in [-0.25, -0.2) is 0 Å². The fourth-order valence-electron chi connectivity index (χ4n) is 1.78. The molecular weight excluding hydrogens is 204 g/mol. The van der Waals surface area contributed by atoms with Crippen molar-refractivity contribution in [3.05, 3.63) is 31.2 Å². The Hall–Kier alpha value is -0.520. The van der Waals surface area contributed by atoms with Gasteiger partial charge in [0.15, 0.2) is 0 Å². The van der Waals surface area contributed by atoms with Crippen molar-refractivity contribution in [2.45, 2.75) is 77.6 Å². The van der Waals surface area contributed by atoms with E-state index in [2.05, 4.69) is 38.2 Å². The summed E-state index contributed by atoms with van der Waals surface area (Å²) in [4.78, 5) is 0. The summed E-state index contributed by atoms with van der Waals surface area (Å²) in [5.74, 6) is 0. The minimum absolute atomic E-state index is 1.09. The van der Waals surface area contributed by atoms with Crippen molar-refractivity contribution < 1.29 is 0 Å². The van der Waals surface area contributed by atoms with Crippen LogP contribution in [0.2, 0.25) is 0 Å². The molecule has 0 fully saturated rings. The lowest BCUT2D eigenvalue weighted by Gasteiger charge is -1.95. The van der Waals surface area contributed by atoms with Gasteiger partial charge in [-0.3, -0.25) is 0 Å². The summed E-state index contributed by atoms with van der Waals surface area (Å²) in [6, 6.07) is 0. The predicted molar refractivity (Wildman–Crippen MR) is 80.1 cm³/mol. The number of unbranched alkanes of at least 4 members (excludes halogenated alkanes) is 8. The van der Waals surface area contributed by atoms with E-state index < -0.39 is 0 Å². The predicted octanol–water partition coefficient (Wildman–Crippen LogP) is 6.24. The minimum Gasteiger partial charge on any atom is -0.0885 e. The van der Waals surface area contributed by atoms with E-state index in [1.165, 1.54) is 64.2 Å². The van der Waals surface area contributed by atoms with Crippen LogP contribution in [0.3, 0.4) is 0 Å². The maximum absolute atomic E-state index is 3.86. The molecule has 0 heterocycles. The van der Waals surface area contributed by atoms with Crippen LogP contribution in [0.1, 0.15) is 77.6 Å². The Morgan fingerprint density at radius 1 is 0.647 bits per heavy atom. The van der Waals surface area contributed by atoms with Crippen molar-refractivity contribution in [3.8, 4) is 0 Å². The van der Waals surface area contributed by atoms with Crippen molar-refractivity contribution >= 4 is 0 Å². The van der Waals surface area contributed by atoms with Crippen LogP contribution in [0.15, 0.2) is 24.3 Å². The third-order valence-corrected chi connectivity index (χ3v) is 2.90. The topological polar surface area (TPSA) is 0 Å². The normalized spacial score (nSPS) is 11.9. The molecule has 0 bridgehead atoms. The van der Waals surface area contributed by atoms with Gasteiger partial charge in [0.25, 0.3) is 0 Å². The van der Waals surface area contributed by atoms with E-state index in [0.717, 1.165) is 6.42 Å². The van der Waals surface area contributed by atoms with Gasteiger partial charge in [-0.05, 0) is 44.9 Å². The lowest BCUT2D eigenvalue weighted by molar-refractivity contribution is 0.692. The quantitative estimate of drug-likeness (QED) is 0.277. The monoisotopic (exact) mass is 235 g/mol. The van der Waals surface area contributed by atoms with Crippen molar-refractivity contribution in [1.82, 2.24) is 0 Å². The van der Waals surface area contributed by atoms with Crippen molar-refractivity contribution in [1.29, 1.82) is 0 Å². The first-order valence-corrected chi connectivity index (χ1v) is 7.51. The Bertz CT molecular complexity index is 176. The third kappa shape index (κ3) is 15.5. The van der Waals surface area contributed by atoms with Crippen LogP contribution < -0.4 is 0 Å². The van der Waals surface area contributed by atoms with Crippen LogP contribution in [-0.2, 0) is 0 Å². The van der Waals surface area contributed by atoms with E-state index in [1.54, 1.807) is 0 Å². The second kappa shape index (κ2) is 15.5. The van der Waals surface area contributed by atoms with E-state index in [-0.39, 0.29) is 0 Å². The fraction of sp³-hybridized carbons (Fsp3) is 0.706. The summed E-state index contributed by atoms with van der Waals surface area (Å²) in [6.45, 7) is 6.08. The molecule has 0 saturated carbocycles. The van der Waals surface area contributed by atoms with Crippen molar-refractivity contribution in [3.63, 3.8) is 0 Å².